The number of rotatable bonds is 6. The summed E-state index contributed by atoms with van der Waals surface area (Å²) in [5.41, 5.74) is 4.91. The molecule has 7 heteroatoms. The zero-order valence-electron chi connectivity index (χ0n) is 18.7. The molecule has 1 amide bonds. The molecule has 0 bridgehead atoms. The SMILES string of the molecule is COc1ccccc1-c1coc2c(C)c(OC)c(/C(C)=C/C(=O)Nc3ccc(Cl)cn3)cc12. The van der Waals surface area contributed by atoms with E-state index in [0.717, 1.165) is 44.5 Å². The predicted molar refractivity (Wildman–Crippen MR) is 131 cm³/mol. The molecular weight excluding hydrogens is 440 g/mol. The summed E-state index contributed by atoms with van der Waals surface area (Å²) in [5, 5.41) is 4.15. The number of methoxy groups -OCH3 is 2. The van der Waals surface area contributed by atoms with Gasteiger partial charge in [-0.2, -0.15) is 0 Å². The van der Waals surface area contributed by atoms with Gasteiger partial charge in [0.05, 0.1) is 25.5 Å². The third-order valence-electron chi connectivity index (χ3n) is 5.40. The lowest BCUT2D eigenvalue weighted by Crippen LogP contribution is -2.10. The minimum atomic E-state index is -0.306. The Labute approximate surface area is 196 Å². The first-order valence-electron chi connectivity index (χ1n) is 10.3. The Bertz CT molecular complexity index is 1360. The van der Waals surface area contributed by atoms with E-state index in [9.17, 15) is 4.79 Å². The third kappa shape index (κ3) is 4.43. The van der Waals surface area contributed by atoms with Crippen LogP contribution in [-0.2, 0) is 4.79 Å². The van der Waals surface area contributed by atoms with E-state index in [2.05, 4.69) is 10.3 Å². The second-order valence-electron chi connectivity index (χ2n) is 7.49. The van der Waals surface area contributed by atoms with Crippen molar-refractivity contribution in [1.29, 1.82) is 0 Å². The quantitative estimate of drug-likeness (QED) is 0.330. The van der Waals surface area contributed by atoms with Crippen molar-refractivity contribution >= 4 is 39.9 Å². The van der Waals surface area contributed by atoms with Gasteiger partial charge in [-0.25, -0.2) is 4.98 Å². The van der Waals surface area contributed by atoms with Crippen molar-refractivity contribution in [3.8, 4) is 22.6 Å². The number of allylic oxidation sites excluding steroid dienone is 1. The number of aryl methyl sites for hydroxylation is 1. The van der Waals surface area contributed by atoms with Crippen molar-refractivity contribution in [3.05, 3.63) is 77.2 Å². The number of fused-ring (bicyclic) bond motifs is 1. The average Bonchev–Trinajstić information content (AvgIpc) is 3.24. The standard InChI is InChI=1S/C26H23ClN2O4/c1-15(11-24(30)29-23-10-9-17(27)13-28-23)19-12-20-21(18-7-5-6-8-22(18)31-3)14-33-26(20)16(2)25(19)32-4/h5-14H,1-4H3,(H,28,29,30)/b15-11+. The molecule has 0 aliphatic heterocycles. The van der Waals surface area contributed by atoms with Gasteiger partial charge in [0.2, 0.25) is 5.91 Å². The number of ether oxygens (including phenoxy) is 2. The van der Waals surface area contributed by atoms with E-state index in [4.69, 9.17) is 25.5 Å². The molecule has 2 aromatic heterocycles. The van der Waals surface area contributed by atoms with E-state index in [1.165, 1.54) is 12.3 Å². The lowest BCUT2D eigenvalue weighted by atomic mass is 9.96. The highest BCUT2D eigenvalue weighted by Gasteiger charge is 2.20. The molecule has 0 radical (unpaired) electrons. The molecule has 0 aliphatic carbocycles. The number of nitrogens with zero attached hydrogens (tertiary/aromatic N) is 1. The summed E-state index contributed by atoms with van der Waals surface area (Å²) in [4.78, 5) is 16.7. The van der Waals surface area contributed by atoms with Gasteiger partial charge >= 0.3 is 0 Å². The highest BCUT2D eigenvalue weighted by atomic mass is 35.5. The number of amides is 1. The Morgan fingerprint density at radius 3 is 2.61 bits per heavy atom. The van der Waals surface area contributed by atoms with E-state index >= 15 is 0 Å². The van der Waals surface area contributed by atoms with Crippen LogP contribution in [0.1, 0.15) is 18.1 Å². The number of hydrogen-bond acceptors (Lipinski definition) is 5. The number of benzene rings is 2. The first-order chi connectivity index (χ1) is 15.9. The topological polar surface area (TPSA) is 73.6 Å². The molecule has 0 saturated carbocycles. The van der Waals surface area contributed by atoms with Gasteiger partial charge in [0.15, 0.2) is 0 Å². The van der Waals surface area contributed by atoms with Gasteiger partial charge in [-0.3, -0.25) is 4.79 Å². The Morgan fingerprint density at radius 1 is 1.12 bits per heavy atom. The highest BCUT2D eigenvalue weighted by molar-refractivity contribution is 6.30. The van der Waals surface area contributed by atoms with Gasteiger partial charge in [-0.05, 0) is 43.7 Å². The first kappa shape index (κ1) is 22.4. The van der Waals surface area contributed by atoms with Crippen LogP contribution in [0.5, 0.6) is 11.5 Å². The van der Waals surface area contributed by atoms with Gasteiger partial charge in [0.1, 0.15) is 22.9 Å². The molecule has 0 unspecified atom stereocenters. The lowest BCUT2D eigenvalue weighted by Gasteiger charge is -2.14. The smallest absolute Gasteiger partial charge is 0.249 e. The first-order valence-corrected chi connectivity index (χ1v) is 10.6. The molecule has 0 atom stereocenters. The van der Waals surface area contributed by atoms with Gasteiger partial charge in [0, 0.05) is 39.9 Å². The molecule has 0 aliphatic rings. The fourth-order valence-electron chi connectivity index (χ4n) is 3.83. The summed E-state index contributed by atoms with van der Waals surface area (Å²) in [7, 11) is 3.24. The van der Waals surface area contributed by atoms with Crippen LogP contribution in [0.15, 0.2) is 65.4 Å². The summed E-state index contributed by atoms with van der Waals surface area (Å²) in [6.45, 7) is 3.80. The van der Waals surface area contributed by atoms with Gasteiger partial charge in [-0.1, -0.05) is 29.8 Å². The maximum Gasteiger partial charge on any atom is 0.249 e. The number of carbonyl (C=O) groups is 1. The van der Waals surface area contributed by atoms with E-state index in [1.807, 2.05) is 44.2 Å². The Morgan fingerprint density at radius 2 is 1.91 bits per heavy atom. The molecule has 1 N–H and O–H groups in total. The van der Waals surface area contributed by atoms with Crippen molar-refractivity contribution < 1.29 is 18.7 Å². The van der Waals surface area contributed by atoms with E-state index in [-0.39, 0.29) is 5.91 Å². The Hall–Kier alpha value is -3.77. The van der Waals surface area contributed by atoms with Crippen molar-refractivity contribution in [2.45, 2.75) is 13.8 Å². The Kier molecular flexibility index (Phi) is 6.38. The van der Waals surface area contributed by atoms with Crippen molar-refractivity contribution in [3.63, 3.8) is 0 Å². The molecule has 4 rings (SSSR count). The number of pyridine rings is 1. The minimum Gasteiger partial charge on any atom is -0.496 e. The fourth-order valence-corrected chi connectivity index (χ4v) is 3.95. The number of aromatic nitrogens is 1. The molecule has 2 aromatic carbocycles. The molecule has 4 aromatic rings. The van der Waals surface area contributed by atoms with Gasteiger partial charge in [-0.15, -0.1) is 0 Å². The molecule has 168 valence electrons. The maximum absolute atomic E-state index is 12.6. The van der Waals surface area contributed by atoms with Crippen LogP contribution in [0, 0.1) is 6.92 Å². The van der Waals surface area contributed by atoms with Crippen LogP contribution in [0.25, 0.3) is 27.7 Å². The fraction of sp³-hybridized carbons (Fsp3) is 0.154. The summed E-state index contributed by atoms with van der Waals surface area (Å²) >= 11 is 5.86. The van der Waals surface area contributed by atoms with Crippen LogP contribution in [0.3, 0.4) is 0 Å². The number of nitrogens with one attached hydrogen (secondary N) is 1. The number of para-hydroxylation sites is 1. The van der Waals surface area contributed by atoms with Crippen LogP contribution in [-0.4, -0.2) is 25.1 Å². The summed E-state index contributed by atoms with van der Waals surface area (Å²) in [6, 6.07) is 13.1. The highest BCUT2D eigenvalue weighted by Crippen LogP contribution is 2.42. The maximum atomic E-state index is 12.6. The summed E-state index contributed by atoms with van der Waals surface area (Å²) in [6.07, 6.45) is 4.71. The second kappa shape index (κ2) is 9.38. The number of carbonyl (C=O) groups excluding carboxylic acids is 1. The monoisotopic (exact) mass is 462 g/mol. The van der Waals surface area contributed by atoms with Crippen LogP contribution in [0.4, 0.5) is 5.82 Å². The number of anilines is 1. The molecule has 0 spiro atoms. The van der Waals surface area contributed by atoms with E-state index < -0.39 is 0 Å². The largest absolute Gasteiger partial charge is 0.496 e. The van der Waals surface area contributed by atoms with Crippen molar-refractivity contribution in [1.82, 2.24) is 4.98 Å². The van der Waals surface area contributed by atoms with E-state index in [0.29, 0.717) is 16.6 Å². The molecular formula is C26H23ClN2O4. The molecule has 0 fully saturated rings. The summed E-state index contributed by atoms with van der Waals surface area (Å²) < 4.78 is 17.2. The van der Waals surface area contributed by atoms with Gasteiger partial charge < -0.3 is 19.2 Å². The average molecular weight is 463 g/mol. The normalized spacial score (nSPS) is 11.5. The van der Waals surface area contributed by atoms with Crippen LogP contribution < -0.4 is 14.8 Å². The van der Waals surface area contributed by atoms with Crippen molar-refractivity contribution in [2.24, 2.45) is 0 Å². The molecule has 33 heavy (non-hydrogen) atoms. The summed E-state index contributed by atoms with van der Waals surface area (Å²) in [5.74, 6) is 1.51. The minimum absolute atomic E-state index is 0.306. The number of furan rings is 1. The molecule has 6 nitrogen and oxygen atoms in total. The zero-order chi connectivity index (χ0) is 23.5. The third-order valence-corrected chi connectivity index (χ3v) is 5.62. The molecule has 0 saturated heterocycles. The van der Waals surface area contributed by atoms with Gasteiger partial charge in [0.25, 0.3) is 0 Å². The second-order valence-corrected chi connectivity index (χ2v) is 7.92. The van der Waals surface area contributed by atoms with Crippen molar-refractivity contribution in [2.75, 3.05) is 19.5 Å². The number of halogens is 1. The molecule has 2 heterocycles. The number of hydrogen-bond donors (Lipinski definition) is 1. The lowest BCUT2D eigenvalue weighted by molar-refractivity contribution is -0.111. The predicted octanol–water partition coefficient (Wildman–Crippen LogP) is 6.52. The van der Waals surface area contributed by atoms with Crippen LogP contribution >= 0.6 is 11.6 Å². The van der Waals surface area contributed by atoms with E-state index in [1.54, 1.807) is 32.6 Å². The zero-order valence-corrected chi connectivity index (χ0v) is 19.5. The van der Waals surface area contributed by atoms with Crippen LogP contribution in [0.2, 0.25) is 5.02 Å². The Balaban J connectivity index is 1.78.